The Morgan fingerprint density at radius 3 is 2.59 bits per heavy atom. The zero-order valence-electron chi connectivity index (χ0n) is 16.8. The van der Waals surface area contributed by atoms with Gasteiger partial charge in [0, 0.05) is 37.4 Å². The first-order valence-electron chi connectivity index (χ1n) is 10.1. The van der Waals surface area contributed by atoms with Crippen LogP contribution in [0.1, 0.15) is 12.5 Å². The first-order chi connectivity index (χ1) is 14.2. The Bertz CT molecular complexity index is 963. The summed E-state index contributed by atoms with van der Waals surface area (Å²) >= 11 is 1.82. The van der Waals surface area contributed by atoms with E-state index in [2.05, 4.69) is 44.8 Å². The average Bonchev–Trinajstić information content (AvgIpc) is 3.14. The summed E-state index contributed by atoms with van der Waals surface area (Å²) < 4.78 is 6.94. The van der Waals surface area contributed by atoms with Crippen molar-refractivity contribution in [3.63, 3.8) is 0 Å². The molecule has 1 N–H and O–H groups in total. The van der Waals surface area contributed by atoms with Gasteiger partial charge in [0.2, 0.25) is 5.91 Å². The number of rotatable bonds is 7. The monoisotopic (exact) mass is 409 g/mol. The maximum atomic E-state index is 12.5. The Kier molecular flexibility index (Phi) is 6.44. The average molecular weight is 410 g/mol. The number of thiophene rings is 1. The standard InChI is InChI=1S/C23H27N3O2S/c1-2-28-21-9-5-4-8-20(21)24-23(27)16-26-13-11-25(12-14-26)15-18-17-29-22-10-6-3-7-19(18)22/h3-10,17H,2,11-16H2,1H3,(H,24,27). The molecular weight excluding hydrogens is 382 g/mol. The van der Waals surface area contributed by atoms with E-state index in [0.717, 1.165) is 44.2 Å². The van der Waals surface area contributed by atoms with E-state index in [4.69, 9.17) is 4.74 Å². The highest BCUT2D eigenvalue weighted by Crippen LogP contribution is 2.27. The molecule has 1 aliphatic rings. The first kappa shape index (κ1) is 19.9. The number of nitrogens with zero attached hydrogens (tertiary/aromatic N) is 2. The van der Waals surface area contributed by atoms with Crippen LogP contribution in [0.2, 0.25) is 0 Å². The first-order valence-corrected chi connectivity index (χ1v) is 11.0. The van der Waals surface area contributed by atoms with Gasteiger partial charge in [0.05, 0.1) is 18.8 Å². The minimum atomic E-state index is 0.00873. The number of piperazine rings is 1. The van der Waals surface area contributed by atoms with Crippen LogP contribution < -0.4 is 10.1 Å². The van der Waals surface area contributed by atoms with Crippen molar-refractivity contribution in [2.45, 2.75) is 13.5 Å². The number of hydrogen-bond acceptors (Lipinski definition) is 5. The van der Waals surface area contributed by atoms with Crippen LogP contribution in [0.15, 0.2) is 53.9 Å². The summed E-state index contributed by atoms with van der Waals surface area (Å²) in [5.74, 6) is 0.727. The molecular formula is C23H27N3O2S. The second-order valence-corrected chi connectivity index (χ2v) is 8.20. The molecule has 0 radical (unpaired) electrons. The van der Waals surface area contributed by atoms with Gasteiger partial charge >= 0.3 is 0 Å². The molecule has 0 aliphatic carbocycles. The van der Waals surface area contributed by atoms with Crippen LogP contribution >= 0.6 is 11.3 Å². The van der Waals surface area contributed by atoms with Crippen molar-refractivity contribution in [2.24, 2.45) is 0 Å². The summed E-state index contributed by atoms with van der Waals surface area (Å²) in [6, 6.07) is 16.2. The molecule has 1 fully saturated rings. The highest BCUT2D eigenvalue weighted by Gasteiger charge is 2.20. The smallest absolute Gasteiger partial charge is 0.238 e. The Balaban J connectivity index is 1.27. The molecule has 0 bridgehead atoms. The summed E-state index contributed by atoms with van der Waals surface area (Å²) in [5.41, 5.74) is 2.15. The molecule has 4 rings (SSSR count). The van der Waals surface area contributed by atoms with Gasteiger partial charge in [-0.1, -0.05) is 30.3 Å². The molecule has 2 aromatic carbocycles. The van der Waals surface area contributed by atoms with Crippen molar-refractivity contribution in [2.75, 3.05) is 44.6 Å². The molecule has 0 spiro atoms. The zero-order chi connectivity index (χ0) is 20.1. The molecule has 29 heavy (non-hydrogen) atoms. The van der Waals surface area contributed by atoms with Crippen LogP contribution in [0, 0.1) is 0 Å². The molecule has 1 amide bonds. The molecule has 0 unspecified atom stereocenters. The van der Waals surface area contributed by atoms with Crippen LogP contribution in [-0.4, -0.2) is 55.0 Å². The van der Waals surface area contributed by atoms with E-state index < -0.39 is 0 Å². The Hall–Kier alpha value is -2.41. The van der Waals surface area contributed by atoms with Gasteiger partial charge in [-0.05, 0) is 41.5 Å². The lowest BCUT2D eigenvalue weighted by Crippen LogP contribution is -2.48. The lowest BCUT2D eigenvalue weighted by atomic mass is 10.1. The quantitative estimate of drug-likeness (QED) is 0.639. The van der Waals surface area contributed by atoms with Gasteiger partial charge < -0.3 is 10.1 Å². The lowest BCUT2D eigenvalue weighted by Gasteiger charge is -2.34. The highest BCUT2D eigenvalue weighted by atomic mass is 32.1. The predicted molar refractivity (Wildman–Crippen MR) is 120 cm³/mol. The van der Waals surface area contributed by atoms with Crippen molar-refractivity contribution < 1.29 is 9.53 Å². The van der Waals surface area contributed by atoms with Gasteiger partial charge in [-0.3, -0.25) is 14.6 Å². The largest absolute Gasteiger partial charge is 0.492 e. The third-order valence-electron chi connectivity index (χ3n) is 5.25. The lowest BCUT2D eigenvalue weighted by molar-refractivity contribution is -0.117. The van der Waals surface area contributed by atoms with E-state index in [1.54, 1.807) is 0 Å². The molecule has 6 heteroatoms. The van der Waals surface area contributed by atoms with Crippen molar-refractivity contribution in [1.29, 1.82) is 0 Å². The maximum Gasteiger partial charge on any atom is 0.238 e. The minimum absolute atomic E-state index is 0.00873. The van der Waals surface area contributed by atoms with E-state index in [1.807, 2.05) is 42.5 Å². The molecule has 0 saturated carbocycles. The SMILES string of the molecule is CCOc1ccccc1NC(=O)CN1CCN(Cc2csc3ccccc23)CC1. The molecule has 1 aromatic heterocycles. The fourth-order valence-electron chi connectivity index (χ4n) is 3.75. The van der Waals surface area contributed by atoms with Gasteiger partial charge in [0.25, 0.3) is 0 Å². The molecule has 5 nitrogen and oxygen atoms in total. The van der Waals surface area contributed by atoms with Gasteiger partial charge in [0.15, 0.2) is 0 Å². The second kappa shape index (κ2) is 9.39. The van der Waals surface area contributed by atoms with E-state index in [-0.39, 0.29) is 5.91 Å². The number of ether oxygens (including phenoxy) is 1. The fraction of sp³-hybridized carbons (Fsp3) is 0.348. The number of amides is 1. The number of para-hydroxylation sites is 2. The summed E-state index contributed by atoms with van der Waals surface area (Å²) in [6.07, 6.45) is 0. The number of benzene rings is 2. The predicted octanol–water partition coefficient (Wildman–Crippen LogP) is 4.06. The molecule has 1 aliphatic heterocycles. The fourth-order valence-corrected chi connectivity index (χ4v) is 4.70. The van der Waals surface area contributed by atoms with Gasteiger partial charge in [-0.15, -0.1) is 11.3 Å². The molecule has 3 aromatic rings. The number of nitrogens with one attached hydrogen (secondary N) is 1. The van der Waals surface area contributed by atoms with Crippen molar-refractivity contribution in [3.05, 3.63) is 59.5 Å². The maximum absolute atomic E-state index is 12.5. The number of carbonyl (C=O) groups excluding carboxylic acids is 1. The number of fused-ring (bicyclic) bond motifs is 1. The zero-order valence-corrected chi connectivity index (χ0v) is 17.6. The topological polar surface area (TPSA) is 44.8 Å². The summed E-state index contributed by atoms with van der Waals surface area (Å²) in [4.78, 5) is 17.2. The second-order valence-electron chi connectivity index (χ2n) is 7.29. The third-order valence-corrected chi connectivity index (χ3v) is 6.26. The van der Waals surface area contributed by atoms with Crippen LogP contribution in [-0.2, 0) is 11.3 Å². The minimum Gasteiger partial charge on any atom is -0.492 e. The third kappa shape index (κ3) is 4.96. The van der Waals surface area contributed by atoms with Crippen molar-refractivity contribution in [1.82, 2.24) is 9.80 Å². The summed E-state index contributed by atoms with van der Waals surface area (Å²) in [7, 11) is 0. The number of hydrogen-bond donors (Lipinski definition) is 1. The molecule has 1 saturated heterocycles. The van der Waals surface area contributed by atoms with Crippen LogP contribution in [0.4, 0.5) is 5.69 Å². The van der Waals surface area contributed by atoms with Crippen LogP contribution in [0.3, 0.4) is 0 Å². The Morgan fingerprint density at radius 2 is 1.76 bits per heavy atom. The van der Waals surface area contributed by atoms with Gasteiger partial charge in [-0.25, -0.2) is 0 Å². The summed E-state index contributed by atoms with van der Waals surface area (Å²) in [6.45, 7) is 7.68. The highest BCUT2D eigenvalue weighted by molar-refractivity contribution is 7.17. The van der Waals surface area contributed by atoms with E-state index in [9.17, 15) is 4.79 Å². The van der Waals surface area contributed by atoms with Crippen LogP contribution in [0.25, 0.3) is 10.1 Å². The van der Waals surface area contributed by atoms with E-state index in [1.165, 1.54) is 15.6 Å². The van der Waals surface area contributed by atoms with Gasteiger partial charge in [-0.2, -0.15) is 0 Å². The van der Waals surface area contributed by atoms with E-state index in [0.29, 0.717) is 13.2 Å². The Morgan fingerprint density at radius 1 is 1.03 bits per heavy atom. The normalized spacial score (nSPS) is 15.5. The molecule has 2 heterocycles. The Labute approximate surface area is 175 Å². The van der Waals surface area contributed by atoms with Crippen molar-refractivity contribution >= 4 is 33.0 Å². The van der Waals surface area contributed by atoms with E-state index >= 15 is 0 Å². The summed E-state index contributed by atoms with van der Waals surface area (Å²) in [5, 5.41) is 6.64. The van der Waals surface area contributed by atoms with Crippen LogP contribution in [0.5, 0.6) is 5.75 Å². The molecule has 152 valence electrons. The number of anilines is 1. The van der Waals surface area contributed by atoms with Gasteiger partial charge in [0.1, 0.15) is 5.75 Å². The van der Waals surface area contributed by atoms with Crippen molar-refractivity contribution in [3.8, 4) is 5.75 Å². The molecule has 0 atom stereocenters. The number of carbonyl (C=O) groups is 1.